The second-order valence-electron chi connectivity index (χ2n) is 6.54. The Morgan fingerprint density at radius 3 is 2.33 bits per heavy atom. The van der Waals surface area contributed by atoms with Gasteiger partial charge in [0.15, 0.2) is 0 Å². The lowest BCUT2D eigenvalue weighted by Crippen LogP contribution is -2.55. The summed E-state index contributed by atoms with van der Waals surface area (Å²) in [6.45, 7) is 7.75. The number of carboxylic acid groups (broad SMARTS) is 1. The van der Waals surface area contributed by atoms with Gasteiger partial charge in [0.2, 0.25) is 11.8 Å². The Hall–Kier alpha value is -1.59. The average Bonchev–Trinajstić information content (AvgIpc) is 2.44. The number of carboxylic acids is 1. The van der Waals surface area contributed by atoms with Crippen molar-refractivity contribution in [3.8, 4) is 0 Å². The maximum absolute atomic E-state index is 12.5. The topological polar surface area (TPSA) is 77.9 Å². The van der Waals surface area contributed by atoms with Crippen molar-refractivity contribution in [2.75, 3.05) is 20.1 Å². The van der Waals surface area contributed by atoms with E-state index in [1.165, 1.54) is 25.8 Å². The molecule has 1 N–H and O–H groups in total. The van der Waals surface area contributed by atoms with Crippen LogP contribution in [0.4, 0.5) is 0 Å². The molecular weight excluding hydrogens is 272 g/mol. The number of carbonyl (C=O) groups is 3. The van der Waals surface area contributed by atoms with Crippen LogP contribution in [0, 0.1) is 11.8 Å². The Kier molecular flexibility index (Phi) is 5.36. The van der Waals surface area contributed by atoms with Crippen molar-refractivity contribution in [3.05, 3.63) is 0 Å². The molecule has 1 heterocycles. The molecule has 0 aromatic carbocycles. The van der Waals surface area contributed by atoms with Crippen LogP contribution in [0.1, 0.15) is 40.5 Å². The molecule has 120 valence electrons. The molecule has 1 fully saturated rings. The normalized spacial score (nSPS) is 19.5. The van der Waals surface area contributed by atoms with E-state index in [-0.39, 0.29) is 23.7 Å². The zero-order valence-electron chi connectivity index (χ0n) is 13.5. The zero-order valence-corrected chi connectivity index (χ0v) is 13.5. The van der Waals surface area contributed by atoms with E-state index in [4.69, 9.17) is 0 Å². The van der Waals surface area contributed by atoms with Gasteiger partial charge in [-0.1, -0.05) is 13.8 Å². The van der Waals surface area contributed by atoms with Gasteiger partial charge in [0.05, 0.1) is 5.92 Å². The summed E-state index contributed by atoms with van der Waals surface area (Å²) in [5, 5.41) is 9.21. The minimum atomic E-state index is -1.25. The number of aliphatic carboxylic acids is 1. The molecular formula is C15H26N2O4. The Labute approximate surface area is 126 Å². The molecule has 0 bridgehead atoms. The van der Waals surface area contributed by atoms with Crippen molar-refractivity contribution in [1.82, 2.24) is 9.80 Å². The van der Waals surface area contributed by atoms with Crippen LogP contribution in [-0.4, -0.2) is 58.4 Å². The number of hydrogen-bond donors (Lipinski definition) is 1. The maximum Gasteiger partial charge on any atom is 0.329 e. The molecule has 1 aliphatic rings. The molecule has 0 aromatic heterocycles. The van der Waals surface area contributed by atoms with E-state index in [0.717, 1.165) is 6.42 Å². The molecule has 1 rings (SSSR count). The number of amides is 2. The lowest BCUT2D eigenvalue weighted by atomic mass is 9.93. The second kappa shape index (κ2) is 6.45. The molecule has 1 saturated heterocycles. The Bertz CT molecular complexity index is 431. The minimum absolute atomic E-state index is 0.0487. The highest BCUT2D eigenvalue weighted by Crippen LogP contribution is 2.23. The Balaban J connectivity index is 2.79. The predicted molar refractivity (Wildman–Crippen MR) is 78.6 cm³/mol. The van der Waals surface area contributed by atoms with Gasteiger partial charge in [-0.2, -0.15) is 0 Å². The van der Waals surface area contributed by atoms with Gasteiger partial charge in [-0.25, -0.2) is 4.79 Å². The van der Waals surface area contributed by atoms with E-state index >= 15 is 0 Å². The van der Waals surface area contributed by atoms with Gasteiger partial charge in [0.25, 0.3) is 0 Å². The number of hydrogen-bond acceptors (Lipinski definition) is 3. The van der Waals surface area contributed by atoms with Crippen LogP contribution in [0.5, 0.6) is 0 Å². The van der Waals surface area contributed by atoms with E-state index in [1.54, 1.807) is 4.90 Å². The summed E-state index contributed by atoms with van der Waals surface area (Å²) >= 11 is 0. The van der Waals surface area contributed by atoms with Gasteiger partial charge >= 0.3 is 5.97 Å². The van der Waals surface area contributed by atoms with E-state index < -0.39 is 11.5 Å². The fourth-order valence-corrected chi connectivity index (χ4v) is 2.44. The lowest BCUT2D eigenvalue weighted by molar-refractivity contribution is -0.158. The number of likely N-dealkylation sites (tertiary alicyclic amines) is 1. The largest absolute Gasteiger partial charge is 0.480 e. The molecule has 6 nitrogen and oxygen atoms in total. The van der Waals surface area contributed by atoms with Crippen molar-refractivity contribution < 1.29 is 19.5 Å². The van der Waals surface area contributed by atoms with Gasteiger partial charge < -0.3 is 14.9 Å². The Morgan fingerprint density at radius 1 is 1.29 bits per heavy atom. The smallest absolute Gasteiger partial charge is 0.329 e. The summed E-state index contributed by atoms with van der Waals surface area (Å²) < 4.78 is 0. The molecule has 0 radical (unpaired) electrons. The summed E-state index contributed by atoms with van der Waals surface area (Å²) in [5.41, 5.74) is -1.25. The van der Waals surface area contributed by atoms with Crippen molar-refractivity contribution in [2.45, 2.75) is 46.1 Å². The first-order valence-corrected chi connectivity index (χ1v) is 7.39. The highest BCUT2D eigenvalue weighted by atomic mass is 16.4. The summed E-state index contributed by atoms with van der Waals surface area (Å²) in [7, 11) is 1.51. The summed E-state index contributed by atoms with van der Waals surface area (Å²) in [5.74, 6) is -1.60. The molecule has 2 amide bonds. The standard InChI is InChI=1S/C15H26N2O4/c1-10(2)12(18)17-8-6-7-11(9-17)13(19)16(5)15(3,4)14(20)21/h10-11H,6-9H2,1-5H3,(H,20,21). The number of rotatable bonds is 4. The third-order valence-electron chi connectivity index (χ3n) is 4.27. The highest BCUT2D eigenvalue weighted by Gasteiger charge is 2.39. The quantitative estimate of drug-likeness (QED) is 0.846. The SMILES string of the molecule is CC(C)C(=O)N1CCCC(C(=O)N(C)C(C)(C)C(=O)O)C1. The fraction of sp³-hybridized carbons (Fsp3) is 0.800. The number of likely N-dealkylation sites (N-methyl/N-ethyl adjacent to an activating group) is 1. The predicted octanol–water partition coefficient (Wildman–Crippen LogP) is 1.20. The van der Waals surface area contributed by atoms with Gasteiger partial charge in [-0.15, -0.1) is 0 Å². The van der Waals surface area contributed by atoms with Crippen LogP contribution in [0.15, 0.2) is 0 Å². The van der Waals surface area contributed by atoms with Crippen LogP contribution >= 0.6 is 0 Å². The molecule has 6 heteroatoms. The van der Waals surface area contributed by atoms with E-state index in [0.29, 0.717) is 19.5 Å². The molecule has 1 atom stereocenters. The zero-order chi connectivity index (χ0) is 16.4. The molecule has 0 aromatic rings. The van der Waals surface area contributed by atoms with Crippen molar-refractivity contribution >= 4 is 17.8 Å². The molecule has 0 saturated carbocycles. The van der Waals surface area contributed by atoms with Gasteiger partial charge in [0, 0.05) is 26.1 Å². The minimum Gasteiger partial charge on any atom is -0.480 e. The van der Waals surface area contributed by atoms with Crippen LogP contribution < -0.4 is 0 Å². The third kappa shape index (κ3) is 3.74. The number of carbonyl (C=O) groups excluding carboxylic acids is 2. The summed E-state index contributed by atoms with van der Waals surface area (Å²) in [6, 6.07) is 0. The highest BCUT2D eigenvalue weighted by molar-refractivity contribution is 5.88. The second-order valence-corrected chi connectivity index (χ2v) is 6.54. The molecule has 1 aliphatic heterocycles. The lowest BCUT2D eigenvalue weighted by Gasteiger charge is -2.38. The van der Waals surface area contributed by atoms with Gasteiger partial charge in [0.1, 0.15) is 5.54 Å². The van der Waals surface area contributed by atoms with Crippen LogP contribution in [0.2, 0.25) is 0 Å². The van der Waals surface area contributed by atoms with Crippen LogP contribution in [0.25, 0.3) is 0 Å². The van der Waals surface area contributed by atoms with Crippen LogP contribution in [0.3, 0.4) is 0 Å². The van der Waals surface area contributed by atoms with Crippen molar-refractivity contribution in [1.29, 1.82) is 0 Å². The number of nitrogens with zero attached hydrogens (tertiary/aromatic N) is 2. The average molecular weight is 298 g/mol. The van der Waals surface area contributed by atoms with Gasteiger partial charge in [-0.3, -0.25) is 9.59 Å². The van der Waals surface area contributed by atoms with E-state index in [1.807, 2.05) is 13.8 Å². The fourth-order valence-electron chi connectivity index (χ4n) is 2.44. The first kappa shape index (κ1) is 17.5. The maximum atomic E-state index is 12.5. The molecule has 0 aliphatic carbocycles. The van der Waals surface area contributed by atoms with Crippen LogP contribution in [-0.2, 0) is 14.4 Å². The van der Waals surface area contributed by atoms with Crippen molar-refractivity contribution in [3.63, 3.8) is 0 Å². The van der Waals surface area contributed by atoms with Crippen molar-refractivity contribution in [2.24, 2.45) is 11.8 Å². The summed E-state index contributed by atoms with van der Waals surface area (Å²) in [4.78, 5) is 38.8. The molecule has 0 spiro atoms. The monoisotopic (exact) mass is 298 g/mol. The first-order chi connectivity index (χ1) is 9.59. The Morgan fingerprint density at radius 2 is 1.86 bits per heavy atom. The first-order valence-electron chi connectivity index (χ1n) is 7.39. The third-order valence-corrected chi connectivity index (χ3v) is 4.27. The molecule has 1 unspecified atom stereocenters. The van der Waals surface area contributed by atoms with E-state index in [2.05, 4.69) is 0 Å². The van der Waals surface area contributed by atoms with Gasteiger partial charge in [-0.05, 0) is 26.7 Å². The van der Waals surface area contributed by atoms with E-state index in [9.17, 15) is 19.5 Å². The summed E-state index contributed by atoms with van der Waals surface area (Å²) in [6.07, 6.45) is 1.47. The molecule has 21 heavy (non-hydrogen) atoms. The number of piperidine rings is 1.